The lowest BCUT2D eigenvalue weighted by Gasteiger charge is -2.34. The normalized spacial score (nSPS) is 18.8. The first kappa shape index (κ1) is 16.1. The van der Waals surface area contributed by atoms with Gasteiger partial charge in [0.25, 0.3) is 5.89 Å². The summed E-state index contributed by atoms with van der Waals surface area (Å²) in [7, 11) is 2.06. The molecule has 1 aliphatic rings. The summed E-state index contributed by atoms with van der Waals surface area (Å²) in [6.07, 6.45) is 7.47. The maximum absolute atomic E-state index is 5.85. The van der Waals surface area contributed by atoms with Gasteiger partial charge in [0.15, 0.2) is 5.76 Å². The lowest BCUT2D eigenvalue weighted by atomic mass is 10.0. The van der Waals surface area contributed by atoms with Crippen molar-refractivity contribution in [2.45, 2.75) is 45.7 Å². The molecule has 0 aromatic carbocycles. The molecule has 1 atom stereocenters. The molecule has 4 rings (SSSR count). The van der Waals surface area contributed by atoms with Gasteiger partial charge in [0, 0.05) is 26.0 Å². The number of hydrogen-bond acceptors (Lipinski definition) is 5. The zero-order chi connectivity index (χ0) is 17.4. The van der Waals surface area contributed by atoms with Crippen LogP contribution in [0.5, 0.6) is 0 Å². The number of likely N-dealkylation sites (tertiary alicyclic amines) is 1. The summed E-state index contributed by atoms with van der Waals surface area (Å²) >= 11 is 0. The summed E-state index contributed by atoms with van der Waals surface area (Å²) < 4.78 is 13.6. The standard InChI is InChI=1S/C19H24N4O2/c1-13-7-8-17(24-13)19-21-15(14(2)25-19)12-23-10-5-4-6-16(23)18-20-9-11-22(18)3/h7-9,11,16H,4-6,10,12H2,1-3H3/t16-/m0/s1. The summed E-state index contributed by atoms with van der Waals surface area (Å²) in [4.78, 5) is 11.7. The maximum atomic E-state index is 5.85. The smallest absolute Gasteiger partial charge is 0.263 e. The molecule has 4 heterocycles. The molecule has 6 nitrogen and oxygen atoms in total. The summed E-state index contributed by atoms with van der Waals surface area (Å²) in [6, 6.07) is 4.16. The van der Waals surface area contributed by atoms with Crippen LogP contribution < -0.4 is 0 Å². The Hall–Kier alpha value is -2.34. The number of aromatic nitrogens is 3. The fourth-order valence-corrected chi connectivity index (χ4v) is 3.59. The van der Waals surface area contributed by atoms with Crippen LogP contribution in [0.2, 0.25) is 0 Å². The van der Waals surface area contributed by atoms with E-state index in [0.29, 0.717) is 17.7 Å². The Morgan fingerprint density at radius 1 is 1.20 bits per heavy atom. The van der Waals surface area contributed by atoms with Crippen molar-refractivity contribution in [1.29, 1.82) is 0 Å². The summed E-state index contributed by atoms with van der Waals surface area (Å²) in [6.45, 7) is 5.72. The van der Waals surface area contributed by atoms with E-state index in [1.807, 2.05) is 38.4 Å². The molecule has 0 spiro atoms. The van der Waals surface area contributed by atoms with Crippen LogP contribution in [-0.4, -0.2) is 26.0 Å². The maximum Gasteiger partial charge on any atom is 0.263 e. The highest BCUT2D eigenvalue weighted by Gasteiger charge is 2.28. The second-order valence-electron chi connectivity index (χ2n) is 6.81. The van der Waals surface area contributed by atoms with E-state index in [4.69, 9.17) is 13.8 Å². The number of aryl methyl sites for hydroxylation is 3. The Balaban J connectivity index is 1.58. The summed E-state index contributed by atoms with van der Waals surface area (Å²) in [5, 5.41) is 0. The van der Waals surface area contributed by atoms with E-state index in [9.17, 15) is 0 Å². The molecule has 1 fully saturated rings. The summed E-state index contributed by atoms with van der Waals surface area (Å²) in [5.41, 5.74) is 0.977. The average Bonchev–Trinajstić information content (AvgIpc) is 3.30. The minimum Gasteiger partial charge on any atom is -0.456 e. The van der Waals surface area contributed by atoms with Gasteiger partial charge in [-0.05, 0) is 45.4 Å². The zero-order valence-electron chi connectivity index (χ0n) is 15.0. The fourth-order valence-electron chi connectivity index (χ4n) is 3.59. The molecule has 0 aliphatic carbocycles. The summed E-state index contributed by atoms with van der Waals surface area (Å²) in [5.74, 6) is 4.09. The Labute approximate surface area is 147 Å². The molecule has 0 N–H and O–H groups in total. The van der Waals surface area contributed by atoms with E-state index in [2.05, 4.69) is 21.5 Å². The monoisotopic (exact) mass is 340 g/mol. The van der Waals surface area contributed by atoms with Gasteiger partial charge in [-0.2, -0.15) is 0 Å². The van der Waals surface area contributed by atoms with Crippen molar-refractivity contribution in [1.82, 2.24) is 19.4 Å². The minimum atomic E-state index is 0.333. The SMILES string of the molecule is Cc1ccc(-c2nc(CN3CCCC[C@H]3c3nccn3C)c(C)o2)o1. The zero-order valence-corrected chi connectivity index (χ0v) is 15.0. The Morgan fingerprint density at radius 3 is 2.80 bits per heavy atom. The van der Waals surface area contributed by atoms with Crippen LogP contribution in [0, 0.1) is 13.8 Å². The van der Waals surface area contributed by atoms with E-state index in [1.165, 1.54) is 12.8 Å². The van der Waals surface area contributed by atoms with E-state index in [0.717, 1.165) is 42.5 Å². The van der Waals surface area contributed by atoms with Crippen LogP contribution in [-0.2, 0) is 13.6 Å². The van der Waals surface area contributed by atoms with Crippen LogP contribution in [0.3, 0.4) is 0 Å². The molecule has 0 amide bonds. The molecular formula is C19H24N4O2. The van der Waals surface area contributed by atoms with Gasteiger partial charge >= 0.3 is 0 Å². The van der Waals surface area contributed by atoms with Gasteiger partial charge in [0.1, 0.15) is 17.3 Å². The first-order valence-corrected chi connectivity index (χ1v) is 8.86. The fraction of sp³-hybridized carbons (Fsp3) is 0.474. The molecule has 0 bridgehead atoms. The van der Waals surface area contributed by atoms with Crippen LogP contribution >= 0.6 is 0 Å². The Morgan fingerprint density at radius 2 is 2.08 bits per heavy atom. The molecular weight excluding hydrogens is 316 g/mol. The van der Waals surface area contributed by atoms with Crippen molar-refractivity contribution in [3.8, 4) is 11.7 Å². The molecule has 1 aliphatic heterocycles. The average molecular weight is 340 g/mol. The highest BCUT2D eigenvalue weighted by molar-refractivity contribution is 5.45. The number of rotatable bonds is 4. The predicted octanol–water partition coefficient (Wildman–Crippen LogP) is 4.01. The third kappa shape index (κ3) is 3.14. The Bertz CT molecular complexity index is 861. The van der Waals surface area contributed by atoms with Gasteiger partial charge in [-0.25, -0.2) is 9.97 Å². The van der Waals surface area contributed by atoms with Crippen molar-refractivity contribution in [3.05, 3.63) is 47.6 Å². The van der Waals surface area contributed by atoms with Crippen molar-refractivity contribution in [2.75, 3.05) is 6.54 Å². The van der Waals surface area contributed by atoms with Gasteiger partial charge < -0.3 is 13.4 Å². The van der Waals surface area contributed by atoms with Gasteiger partial charge in [-0.15, -0.1) is 0 Å². The minimum absolute atomic E-state index is 0.333. The lowest BCUT2D eigenvalue weighted by Crippen LogP contribution is -2.34. The molecule has 0 unspecified atom stereocenters. The van der Waals surface area contributed by atoms with Crippen molar-refractivity contribution < 1.29 is 8.83 Å². The second kappa shape index (κ2) is 6.52. The molecule has 3 aromatic rings. The van der Waals surface area contributed by atoms with E-state index < -0.39 is 0 Å². The molecule has 25 heavy (non-hydrogen) atoms. The first-order valence-electron chi connectivity index (χ1n) is 8.86. The van der Waals surface area contributed by atoms with E-state index >= 15 is 0 Å². The quantitative estimate of drug-likeness (QED) is 0.718. The topological polar surface area (TPSA) is 60.2 Å². The molecule has 1 saturated heterocycles. The lowest BCUT2D eigenvalue weighted by molar-refractivity contribution is 0.129. The van der Waals surface area contributed by atoms with Crippen LogP contribution in [0.15, 0.2) is 33.4 Å². The van der Waals surface area contributed by atoms with Gasteiger partial charge in [0.2, 0.25) is 0 Å². The predicted molar refractivity (Wildman–Crippen MR) is 93.9 cm³/mol. The number of nitrogens with zero attached hydrogens (tertiary/aromatic N) is 4. The van der Waals surface area contributed by atoms with E-state index in [1.54, 1.807) is 0 Å². The first-order chi connectivity index (χ1) is 12.1. The van der Waals surface area contributed by atoms with Crippen molar-refractivity contribution in [3.63, 3.8) is 0 Å². The number of piperidine rings is 1. The molecule has 0 radical (unpaired) electrons. The van der Waals surface area contributed by atoms with Gasteiger partial charge in [-0.1, -0.05) is 6.42 Å². The van der Waals surface area contributed by atoms with Crippen LogP contribution in [0.25, 0.3) is 11.7 Å². The molecule has 132 valence electrons. The van der Waals surface area contributed by atoms with Gasteiger partial charge in [0.05, 0.1) is 11.7 Å². The van der Waals surface area contributed by atoms with Crippen LogP contribution in [0.4, 0.5) is 0 Å². The highest BCUT2D eigenvalue weighted by atomic mass is 16.4. The third-order valence-corrected chi connectivity index (χ3v) is 4.97. The van der Waals surface area contributed by atoms with Crippen LogP contribution in [0.1, 0.15) is 48.3 Å². The van der Waals surface area contributed by atoms with Crippen molar-refractivity contribution >= 4 is 0 Å². The number of hydrogen-bond donors (Lipinski definition) is 0. The molecule has 3 aromatic heterocycles. The number of oxazole rings is 1. The van der Waals surface area contributed by atoms with E-state index in [-0.39, 0.29) is 0 Å². The number of furan rings is 1. The second-order valence-corrected chi connectivity index (χ2v) is 6.81. The third-order valence-electron chi connectivity index (χ3n) is 4.97. The van der Waals surface area contributed by atoms with Gasteiger partial charge in [-0.3, -0.25) is 4.90 Å². The highest BCUT2D eigenvalue weighted by Crippen LogP contribution is 2.32. The molecule has 6 heteroatoms. The number of imidazole rings is 1. The molecule has 0 saturated carbocycles. The Kier molecular flexibility index (Phi) is 4.21. The van der Waals surface area contributed by atoms with Crippen molar-refractivity contribution in [2.24, 2.45) is 7.05 Å². The largest absolute Gasteiger partial charge is 0.456 e.